The van der Waals surface area contributed by atoms with Crippen molar-refractivity contribution < 1.29 is 14.4 Å². The Kier molecular flexibility index (Phi) is 8.91. The molecule has 0 aliphatic rings. The number of aliphatic imine (C=N–C) groups is 1. The predicted molar refractivity (Wildman–Crippen MR) is 113 cm³/mol. The number of nitro benzene ring substituents is 1. The molecule has 0 saturated heterocycles. The summed E-state index contributed by atoms with van der Waals surface area (Å²) in [7, 11) is 3.36. The first-order chi connectivity index (χ1) is 14.0. The molecule has 8 nitrogen and oxygen atoms in total. The number of nitro groups is 1. The van der Waals surface area contributed by atoms with Crippen LogP contribution < -0.4 is 15.4 Å². The number of aryl methyl sites for hydroxylation is 1. The Morgan fingerprint density at radius 3 is 2.66 bits per heavy atom. The zero-order valence-electron chi connectivity index (χ0n) is 17.1. The van der Waals surface area contributed by atoms with Gasteiger partial charge in [-0.3, -0.25) is 15.1 Å². The maximum atomic E-state index is 10.9. The van der Waals surface area contributed by atoms with Gasteiger partial charge in [0.05, 0.1) is 11.5 Å². The Balaban J connectivity index is 1.93. The summed E-state index contributed by atoms with van der Waals surface area (Å²) < 4.78 is 11.0. The van der Waals surface area contributed by atoms with E-state index in [2.05, 4.69) is 15.6 Å². The SMILES string of the molecule is CN=C(NCc1cccc([N+](=O)[O-])c1)NCc1ccc(C)cc1OCCCOC. The van der Waals surface area contributed by atoms with E-state index < -0.39 is 4.92 Å². The summed E-state index contributed by atoms with van der Waals surface area (Å²) in [5.41, 5.74) is 3.02. The van der Waals surface area contributed by atoms with Crippen molar-refractivity contribution in [2.24, 2.45) is 4.99 Å². The number of nitrogens with zero attached hydrogens (tertiary/aromatic N) is 2. The minimum absolute atomic E-state index is 0.0714. The van der Waals surface area contributed by atoms with Gasteiger partial charge in [0.15, 0.2) is 5.96 Å². The summed E-state index contributed by atoms with van der Waals surface area (Å²) in [6, 6.07) is 12.6. The van der Waals surface area contributed by atoms with E-state index in [1.807, 2.05) is 31.2 Å². The number of benzene rings is 2. The van der Waals surface area contributed by atoms with Crippen molar-refractivity contribution in [1.82, 2.24) is 10.6 Å². The second-order valence-electron chi connectivity index (χ2n) is 6.51. The van der Waals surface area contributed by atoms with Crippen LogP contribution in [0.5, 0.6) is 5.75 Å². The molecule has 0 aromatic heterocycles. The van der Waals surface area contributed by atoms with Crippen LogP contribution in [0.1, 0.15) is 23.1 Å². The molecule has 0 atom stereocenters. The third-order valence-corrected chi connectivity index (χ3v) is 4.22. The second kappa shape index (κ2) is 11.7. The van der Waals surface area contributed by atoms with Gasteiger partial charge in [0, 0.05) is 58.0 Å². The highest BCUT2D eigenvalue weighted by Crippen LogP contribution is 2.20. The first-order valence-electron chi connectivity index (χ1n) is 9.42. The first-order valence-corrected chi connectivity index (χ1v) is 9.42. The van der Waals surface area contributed by atoms with Gasteiger partial charge in [-0.1, -0.05) is 24.3 Å². The number of methoxy groups -OCH3 is 1. The fourth-order valence-electron chi connectivity index (χ4n) is 2.69. The molecule has 2 N–H and O–H groups in total. The van der Waals surface area contributed by atoms with E-state index in [-0.39, 0.29) is 5.69 Å². The monoisotopic (exact) mass is 400 g/mol. The minimum atomic E-state index is -0.401. The molecule has 2 aromatic rings. The standard InChI is InChI=1S/C21H28N4O4/c1-16-8-9-18(20(12-16)29-11-5-10-28-3)15-24-21(22-2)23-14-17-6-4-7-19(13-17)25(26)27/h4,6-9,12-13H,5,10-11,14-15H2,1-3H3,(H2,22,23,24). The van der Waals surface area contributed by atoms with Gasteiger partial charge in [-0.15, -0.1) is 0 Å². The summed E-state index contributed by atoms with van der Waals surface area (Å²) in [4.78, 5) is 14.7. The average molecular weight is 400 g/mol. The molecule has 2 rings (SSSR count). The van der Waals surface area contributed by atoms with E-state index in [1.54, 1.807) is 26.3 Å². The summed E-state index contributed by atoms with van der Waals surface area (Å²) in [6.07, 6.45) is 0.823. The Morgan fingerprint density at radius 1 is 1.14 bits per heavy atom. The van der Waals surface area contributed by atoms with Crippen molar-refractivity contribution in [3.05, 3.63) is 69.3 Å². The highest BCUT2D eigenvalue weighted by atomic mass is 16.6. The van der Waals surface area contributed by atoms with Crippen LogP contribution >= 0.6 is 0 Å². The fraction of sp³-hybridized carbons (Fsp3) is 0.381. The average Bonchev–Trinajstić information content (AvgIpc) is 2.72. The van der Waals surface area contributed by atoms with E-state index in [0.29, 0.717) is 32.3 Å². The zero-order valence-corrected chi connectivity index (χ0v) is 17.1. The van der Waals surface area contributed by atoms with E-state index in [0.717, 1.165) is 28.9 Å². The number of non-ortho nitro benzene ring substituents is 1. The van der Waals surface area contributed by atoms with Crippen LogP contribution in [-0.2, 0) is 17.8 Å². The van der Waals surface area contributed by atoms with E-state index >= 15 is 0 Å². The molecule has 0 bridgehead atoms. The minimum Gasteiger partial charge on any atom is -0.493 e. The van der Waals surface area contributed by atoms with Gasteiger partial charge in [-0.2, -0.15) is 0 Å². The third kappa shape index (κ3) is 7.42. The third-order valence-electron chi connectivity index (χ3n) is 4.22. The quantitative estimate of drug-likeness (QED) is 0.209. The summed E-state index contributed by atoms with van der Waals surface area (Å²) in [5, 5.41) is 17.3. The fourth-order valence-corrected chi connectivity index (χ4v) is 2.69. The number of nitrogens with one attached hydrogen (secondary N) is 2. The molecule has 0 saturated carbocycles. The lowest BCUT2D eigenvalue weighted by atomic mass is 10.1. The number of hydrogen-bond acceptors (Lipinski definition) is 5. The lowest BCUT2D eigenvalue weighted by molar-refractivity contribution is -0.384. The lowest BCUT2D eigenvalue weighted by Crippen LogP contribution is -2.36. The molecule has 0 aliphatic carbocycles. The zero-order chi connectivity index (χ0) is 21.1. The van der Waals surface area contributed by atoms with Crippen LogP contribution in [0.25, 0.3) is 0 Å². The van der Waals surface area contributed by atoms with Gasteiger partial charge in [-0.25, -0.2) is 0 Å². The highest BCUT2D eigenvalue weighted by Gasteiger charge is 2.08. The number of rotatable bonds is 10. The molecule has 0 amide bonds. The van der Waals surface area contributed by atoms with E-state index in [9.17, 15) is 10.1 Å². The van der Waals surface area contributed by atoms with Crippen molar-refractivity contribution in [1.29, 1.82) is 0 Å². The van der Waals surface area contributed by atoms with Gasteiger partial charge < -0.3 is 20.1 Å². The second-order valence-corrected chi connectivity index (χ2v) is 6.51. The molecular formula is C21H28N4O4. The van der Waals surface area contributed by atoms with Crippen LogP contribution in [0.15, 0.2) is 47.5 Å². The smallest absolute Gasteiger partial charge is 0.269 e. The van der Waals surface area contributed by atoms with Crippen molar-refractivity contribution >= 4 is 11.6 Å². The molecule has 156 valence electrons. The van der Waals surface area contributed by atoms with Crippen molar-refractivity contribution in [3.63, 3.8) is 0 Å². The normalized spacial score (nSPS) is 11.2. The number of ether oxygens (including phenoxy) is 2. The first kappa shape index (κ1) is 22.2. The Hall–Kier alpha value is -3.13. The number of guanidine groups is 1. The maximum Gasteiger partial charge on any atom is 0.269 e. The Morgan fingerprint density at radius 2 is 1.93 bits per heavy atom. The Bertz CT molecular complexity index is 839. The van der Waals surface area contributed by atoms with Crippen molar-refractivity contribution in [3.8, 4) is 5.75 Å². The Labute approximate surface area is 171 Å². The summed E-state index contributed by atoms with van der Waals surface area (Å²) >= 11 is 0. The van der Waals surface area contributed by atoms with Crippen LogP contribution in [0, 0.1) is 17.0 Å². The van der Waals surface area contributed by atoms with Gasteiger partial charge in [0.1, 0.15) is 5.75 Å². The molecule has 8 heteroatoms. The summed E-state index contributed by atoms with van der Waals surface area (Å²) in [6.45, 7) is 4.24. The van der Waals surface area contributed by atoms with Gasteiger partial charge >= 0.3 is 0 Å². The molecule has 0 spiro atoms. The van der Waals surface area contributed by atoms with Crippen LogP contribution in [0.3, 0.4) is 0 Å². The molecular weight excluding hydrogens is 372 g/mol. The van der Waals surface area contributed by atoms with Crippen LogP contribution in [-0.4, -0.2) is 38.3 Å². The topological polar surface area (TPSA) is 98.0 Å². The molecule has 0 fully saturated rings. The largest absolute Gasteiger partial charge is 0.493 e. The van der Waals surface area contributed by atoms with Crippen molar-refractivity contribution in [2.45, 2.75) is 26.4 Å². The lowest BCUT2D eigenvalue weighted by Gasteiger charge is -2.15. The van der Waals surface area contributed by atoms with Gasteiger partial charge in [0.2, 0.25) is 0 Å². The van der Waals surface area contributed by atoms with Crippen LogP contribution in [0.2, 0.25) is 0 Å². The van der Waals surface area contributed by atoms with Gasteiger partial charge in [-0.05, 0) is 24.1 Å². The summed E-state index contributed by atoms with van der Waals surface area (Å²) in [5.74, 6) is 1.44. The van der Waals surface area contributed by atoms with E-state index in [1.165, 1.54) is 6.07 Å². The number of hydrogen-bond donors (Lipinski definition) is 2. The highest BCUT2D eigenvalue weighted by molar-refractivity contribution is 5.79. The van der Waals surface area contributed by atoms with E-state index in [4.69, 9.17) is 9.47 Å². The maximum absolute atomic E-state index is 10.9. The predicted octanol–water partition coefficient (Wildman–Crippen LogP) is 3.18. The molecule has 0 radical (unpaired) electrons. The van der Waals surface area contributed by atoms with Crippen LogP contribution in [0.4, 0.5) is 5.69 Å². The van der Waals surface area contributed by atoms with Gasteiger partial charge in [0.25, 0.3) is 5.69 Å². The molecule has 2 aromatic carbocycles. The molecule has 0 heterocycles. The molecule has 0 unspecified atom stereocenters. The molecule has 29 heavy (non-hydrogen) atoms. The van der Waals surface area contributed by atoms with Crippen molar-refractivity contribution in [2.75, 3.05) is 27.4 Å². The molecule has 0 aliphatic heterocycles.